The molecule has 0 fully saturated rings. The van der Waals surface area contributed by atoms with Gasteiger partial charge in [-0.15, -0.1) is 0 Å². The summed E-state index contributed by atoms with van der Waals surface area (Å²) in [7, 11) is -4.29. The van der Waals surface area contributed by atoms with E-state index < -0.39 is 16.6 Å². The average molecular weight is 573 g/mol. The third-order valence-corrected chi connectivity index (χ3v) is 7.99. The zero-order valence-electron chi connectivity index (χ0n) is 18.0. The van der Waals surface area contributed by atoms with Crippen LogP contribution in [0, 0.1) is 0 Å². The lowest BCUT2D eigenvalue weighted by Gasteiger charge is -2.16. The van der Waals surface area contributed by atoms with Crippen molar-refractivity contribution in [1.82, 2.24) is 15.0 Å². The van der Waals surface area contributed by atoms with Crippen molar-refractivity contribution < 1.29 is 13.5 Å². The van der Waals surface area contributed by atoms with Crippen LogP contribution in [0.5, 0.6) is 0 Å². The molecule has 0 aliphatic carbocycles. The number of nitrogen functional groups attached to an aromatic ring is 1. The molecule has 0 saturated heterocycles. The molecule has 2 aromatic heterocycles. The lowest BCUT2D eigenvalue weighted by atomic mass is 9.99. The highest BCUT2D eigenvalue weighted by Crippen LogP contribution is 2.41. The fourth-order valence-corrected chi connectivity index (χ4v) is 6.17. The number of aliphatic hydroxyl groups excluding tert-OH is 1. The second kappa shape index (κ2) is 9.93. The Kier molecular flexibility index (Phi) is 7.28. The molecule has 182 valence electrons. The second-order valence-corrected chi connectivity index (χ2v) is 10.7. The van der Waals surface area contributed by atoms with E-state index in [1.165, 1.54) is 18.3 Å². The molecule has 0 spiro atoms. The van der Waals surface area contributed by atoms with E-state index in [2.05, 4.69) is 19.7 Å². The molecular weight excluding hydrogens is 556 g/mol. The summed E-state index contributed by atoms with van der Waals surface area (Å²) in [5.74, 6) is -0.0139. The molecule has 2 aromatic carbocycles. The summed E-state index contributed by atoms with van der Waals surface area (Å²) in [5.41, 5.74) is 8.44. The first kappa shape index (κ1) is 25.7. The number of sulfonamides is 1. The van der Waals surface area contributed by atoms with Gasteiger partial charge in [0.1, 0.15) is 4.90 Å². The van der Waals surface area contributed by atoms with Crippen molar-refractivity contribution in [2.75, 3.05) is 10.5 Å². The van der Waals surface area contributed by atoms with E-state index in [9.17, 15) is 13.5 Å². The summed E-state index contributed by atoms with van der Waals surface area (Å²) in [5, 5.41) is 10.3. The van der Waals surface area contributed by atoms with Gasteiger partial charge in [-0.3, -0.25) is 4.72 Å². The average Bonchev–Trinajstić information content (AvgIpc) is 2.81. The highest BCUT2D eigenvalue weighted by molar-refractivity contribution is 7.92. The second-order valence-electron chi connectivity index (χ2n) is 7.44. The van der Waals surface area contributed by atoms with Crippen LogP contribution >= 0.6 is 46.4 Å². The van der Waals surface area contributed by atoms with Crippen molar-refractivity contribution in [2.24, 2.45) is 0 Å². The summed E-state index contributed by atoms with van der Waals surface area (Å²) in [4.78, 5) is 12.1. The first-order valence-electron chi connectivity index (χ1n) is 10.1. The molecule has 0 radical (unpaired) electrons. The number of hydrogen-bond donors (Lipinski definition) is 3. The molecule has 0 aliphatic rings. The summed E-state index contributed by atoms with van der Waals surface area (Å²) < 4.78 is 28.6. The van der Waals surface area contributed by atoms with E-state index in [-0.39, 0.29) is 42.3 Å². The summed E-state index contributed by atoms with van der Waals surface area (Å²) in [6.07, 6.45) is 3.52. The van der Waals surface area contributed by atoms with E-state index >= 15 is 0 Å². The molecule has 4 aromatic rings. The number of halogens is 4. The van der Waals surface area contributed by atoms with Gasteiger partial charge in [0.15, 0.2) is 5.82 Å². The van der Waals surface area contributed by atoms with Gasteiger partial charge in [-0.25, -0.2) is 23.4 Å². The van der Waals surface area contributed by atoms with Crippen molar-refractivity contribution in [3.05, 3.63) is 67.9 Å². The van der Waals surface area contributed by atoms with Crippen molar-refractivity contribution in [2.45, 2.75) is 24.8 Å². The molecule has 8 nitrogen and oxygen atoms in total. The number of nitrogens with zero attached hydrogens (tertiary/aromatic N) is 3. The Morgan fingerprint density at radius 2 is 1.74 bits per heavy atom. The lowest BCUT2D eigenvalue weighted by Crippen LogP contribution is -2.16. The van der Waals surface area contributed by atoms with Crippen LogP contribution in [0.2, 0.25) is 20.1 Å². The summed E-state index contributed by atoms with van der Waals surface area (Å²) >= 11 is 25.3. The Morgan fingerprint density at radius 3 is 2.43 bits per heavy atom. The molecular formula is C22H17Cl4N5O3S. The van der Waals surface area contributed by atoms with Gasteiger partial charge in [0.2, 0.25) is 5.95 Å². The lowest BCUT2D eigenvalue weighted by molar-refractivity contribution is 0.281. The molecule has 0 saturated carbocycles. The van der Waals surface area contributed by atoms with Crippen LogP contribution in [0.25, 0.3) is 22.0 Å². The molecule has 0 amide bonds. The van der Waals surface area contributed by atoms with Crippen LogP contribution in [0.15, 0.2) is 41.6 Å². The van der Waals surface area contributed by atoms with Gasteiger partial charge in [0.05, 0.1) is 27.2 Å². The molecule has 4 rings (SSSR count). The van der Waals surface area contributed by atoms with Crippen LogP contribution in [-0.4, -0.2) is 28.5 Å². The highest BCUT2D eigenvalue weighted by atomic mass is 35.5. The summed E-state index contributed by atoms with van der Waals surface area (Å²) in [6.45, 7) is 1.46. The van der Waals surface area contributed by atoms with Gasteiger partial charge in [0.25, 0.3) is 10.0 Å². The number of rotatable bonds is 6. The number of fused-ring (bicyclic) bond motifs is 1. The Bertz CT molecular complexity index is 1580. The van der Waals surface area contributed by atoms with Gasteiger partial charge in [-0.2, -0.15) is 0 Å². The van der Waals surface area contributed by atoms with Gasteiger partial charge in [0, 0.05) is 28.4 Å². The number of aliphatic hydroxyl groups is 1. The van der Waals surface area contributed by atoms with Crippen LogP contribution < -0.4 is 10.5 Å². The number of nitrogens with one attached hydrogen (secondary N) is 1. The fourth-order valence-electron chi connectivity index (χ4n) is 3.56. The largest absolute Gasteiger partial charge is 0.392 e. The zero-order valence-corrected chi connectivity index (χ0v) is 21.8. The molecule has 0 unspecified atom stereocenters. The normalized spacial score (nSPS) is 11.7. The minimum Gasteiger partial charge on any atom is -0.392 e. The van der Waals surface area contributed by atoms with E-state index in [4.69, 9.17) is 52.1 Å². The Hall–Kier alpha value is -2.40. The molecule has 0 bridgehead atoms. The monoisotopic (exact) mass is 571 g/mol. The number of pyridine rings is 1. The number of anilines is 2. The maximum atomic E-state index is 13.1. The number of aromatic nitrogens is 3. The molecule has 2 heterocycles. The minimum atomic E-state index is -4.29. The third kappa shape index (κ3) is 4.97. The van der Waals surface area contributed by atoms with Gasteiger partial charge < -0.3 is 10.8 Å². The maximum Gasteiger partial charge on any atom is 0.264 e. The number of aryl methyl sites for hydroxylation is 1. The van der Waals surface area contributed by atoms with E-state index in [1.54, 1.807) is 12.3 Å². The summed E-state index contributed by atoms with van der Waals surface area (Å²) in [6, 6.07) is 6.16. The van der Waals surface area contributed by atoms with Gasteiger partial charge in [-0.1, -0.05) is 53.3 Å². The minimum absolute atomic E-state index is 0.0284. The zero-order chi connectivity index (χ0) is 25.5. The van der Waals surface area contributed by atoms with Crippen LogP contribution in [-0.2, 0) is 23.1 Å². The fraction of sp³-hybridized carbons (Fsp3) is 0.136. The van der Waals surface area contributed by atoms with E-state index in [0.717, 1.165) is 5.56 Å². The first-order chi connectivity index (χ1) is 16.6. The molecule has 35 heavy (non-hydrogen) atoms. The topological polar surface area (TPSA) is 131 Å². The molecule has 0 aliphatic heterocycles. The van der Waals surface area contributed by atoms with Crippen molar-refractivity contribution in [3.8, 4) is 11.1 Å². The van der Waals surface area contributed by atoms with Crippen molar-refractivity contribution in [1.29, 1.82) is 0 Å². The SMILES string of the molecule is CCc1cc(-c2c(Cl)cnc(NS(=O)(=O)c3cc(Cl)cc(CO)c3Cl)c2Cl)cc2cnc(N)nc12. The number of hydrogen-bond acceptors (Lipinski definition) is 7. The Labute approximate surface area is 221 Å². The molecule has 13 heteroatoms. The van der Waals surface area contributed by atoms with Gasteiger partial charge in [-0.05, 0) is 47.4 Å². The first-order valence-corrected chi connectivity index (χ1v) is 13.1. The van der Waals surface area contributed by atoms with Crippen molar-refractivity contribution >= 4 is 79.1 Å². The third-order valence-electron chi connectivity index (χ3n) is 5.19. The maximum absolute atomic E-state index is 13.1. The van der Waals surface area contributed by atoms with E-state index in [1.807, 2.05) is 13.0 Å². The smallest absolute Gasteiger partial charge is 0.264 e. The van der Waals surface area contributed by atoms with Crippen LogP contribution in [0.3, 0.4) is 0 Å². The van der Waals surface area contributed by atoms with Gasteiger partial charge >= 0.3 is 0 Å². The Morgan fingerprint density at radius 1 is 1.00 bits per heavy atom. The standard InChI is InChI=1S/C22H17Cl4N5O3S/c1-2-10-3-11(4-12-7-29-22(27)30-20(10)12)17-15(24)8-28-21(19(17)26)31-35(33,34)16-6-14(23)5-13(9-32)18(16)25/h3-8,32H,2,9H2,1H3,(H,28,31)(H2,27,29,30). The molecule has 4 N–H and O–H groups in total. The number of nitrogens with two attached hydrogens (primary N) is 1. The molecule has 0 atom stereocenters. The predicted molar refractivity (Wildman–Crippen MR) is 140 cm³/mol. The predicted octanol–water partition coefficient (Wildman–Crippen LogP) is 5.74. The van der Waals surface area contributed by atoms with Crippen LogP contribution in [0.4, 0.5) is 11.8 Å². The van der Waals surface area contributed by atoms with E-state index in [0.29, 0.717) is 28.5 Å². The quantitative estimate of drug-likeness (QED) is 0.268. The van der Waals surface area contributed by atoms with Crippen molar-refractivity contribution in [3.63, 3.8) is 0 Å². The number of benzene rings is 2. The van der Waals surface area contributed by atoms with Crippen LogP contribution in [0.1, 0.15) is 18.1 Å². The Balaban J connectivity index is 1.84. The highest BCUT2D eigenvalue weighted by Gasteiger charge is 2.25.